The van der Waals surface area contributed by atoms with Crippen molar-refractivity contribution in [3.63, 3.8) is 0 Å². The topological polar surface area (TPSA) is 57.4 Å². The number of benzene rings is 1. The lowest BCUT2D eigenvalue weighted by Crippen LogP contribution is -2.02. The van der Waals surface area contributed by atoms with Gasteiger partial charge in [-0.2, -0.15) is 0 Å². The molecule has 0 unspecified atom stereocenters. The van der Waals surface area contributed by atoms with E-state index < -0.39 is 0 Å². The highest BCUT2D eigenvalue weighted by Gasteiger charge is 2.08. The third-order valence-electron chi connectivity index (χ3n) is 2.39. The largest absolute Gasteiger partial charge is 0.484 e. The Hall–Kier alpha value is -1.46. The van der Waals surface area contributed by atoms with E-state index in [4.69, 9.17) is 26.8 Å². The van der Waals surface area contributed by atoms with E-state index in [1.54, 1.807) is 25.3 Å². The predicted octanol–water partition coefficient (Wildman–Crippen LogP) is 3.67. The van der Waals surface area contributed by atoms with Crippen molar-refractivity contribution in [1.82, 2.24) is 4.98 Å². The maximum atomic E-state index is 5.88. The quantitative estimate of drug-likeness (QED) is 0.861. The van der Waals surface area contributed by atoms with Gasteiger partial charge >= 0.3 is 0 Å². The van der Waals surface area contributed by atoms with Crippen LogP contribution in [0.3, 0.4) is 0 Å². The van der Waals surface area contributed by atoms with Gasteiger partial charge in [-0.15, -0.1) is 0 Å². The Morgan fingerprint density at radius 1 is 1.37 bits per heavy atom. The molecule has 6 heteroatoms. The summed E-state index contributed by atoms with van der Waals surface area (Å²) in [7, 11) is 1.57. The van der Waals surface area contributed by atoms with Crippen LogP contribution >= 0.6 is 27.5 Å². The first-order valence-electron chi connectivity index (χ1n) is 5.47. The number of aromatic nitrogens is 1. The van der Waals surface area contributed by atoms with E-state index in [-0.39, 0.29) is 0 Å². The molecule has 0 bridgehead atoms. The minimum atomic E-state index is 0.293. The number of hydrogen-bond donors (Lipinski definition) is 1. The summed E-state index contributed by atoms with van der Waals surface area (Å²) in [5, 5.41) is 0.552. The molecule has 1 aromatic carbocycles. The molecule has 19 heavy (non-hydrogen) atoms. The van der Waals surface area contributed by atoms with Gasteiger partial charge in [0.25, 0.3) is 0 Å². The van der Waals surface area contributed by atoms with E-state index in [0.717, 1.165) is 5.69 Å². The summed E-state index contributed by atoms with van der Waals surface area (Å²) < 4.78 is 11.4. The second kappa shape index (κ2) is 6.12. The van der Waals surface area contributed by atoms with Gasteiger partial charge in [-0.05, 0) is 34.1 Å². The van der Waals surface area contributed by atoms with Crippen molar-refractivity contribution in [3.8, 4) is 11.6 Å². The second-order valence-electron chi connectivity index (χ2n) is 3.77. The van der Waals surface area contributed by atoms with E-state index in [0.29, 0.717) is 33.4 Å². The number of halogens is 2. The molecule has 0 atom stereocenters. The molecular weight excluding hydrogens is 332 g/mol. The molecule has 0 aliphatic carbocycles. The van der Waals surface area contributed by atoms with Gasteiger partial charge in [0, 0.05) is 11.1 Å². The molecule has 0 radical (unpaired) electrons. The summed E-state index contributed by atoms with van der Waals surface area (Å²) in [6.07, 6.45) is 0. The fraction of sp³-hybridized carbons (Fsp3) is 0.154. The highest BCUT2D eigenvalue weighted by Crippen LogP contribution is 2.35. The standard InChI is InChI=1S/C13H12BrClN2O2/c1-18-12-4-2-3-9(17-12)7-19-13-10(14)5-8(15)6-11(13)16/h2-6H,7,16H2,1H3. The van der Waals surface area contributed by atoms with Crippen LogP contribution in [0.5, 0.6) is 11.6 Å². The molecule has 0 spiro atoms. The Bertz CT molecular complexity index is 570. The van der Waals surface area contributed by atoms with Crippen molar-refractivity contribution < 1.29 is 9.47 Å². The molecule has 2 N–H and O–H groups in total. The number of hydrogen-bond acceptors (Lipinski definition) is 4. The zero-order valence-corrected chi connectivity index (χ0v) is 12.5. The molecule has 2 rings (SSSR count). The molecule has 1 heterocycles. The third-order valence-corrected chi connectivity index (χ3v) is 3.20. The summed E-state index contributed by atoms with van der Waals surface area (Å²) in [5.41, 5.74) is 7.08. The number of methoxy groups -OCH3 is 1. The molecule has 0 saturated heterocycles. The Labute approximate surface area is 124 Å². The third kappa shape index (κ3) is 3.52. The van der Waals surface area contributed by atoms with E-state index in [1.807, 2.05) is 12.1 Å². The second-order valence-corrected chi connectivity index (χ2v) is 5.06. The van der Waals surface area contributed by atoms with Crippen molar-refractivity contribution in [2.45, 2.75) is 6.61 Å². The lowest BCUT2D eigenvalue weighted by molar-refractivity contribution is 0.298. The number of nitrogens with zero attached hydrogens (tertiary/aromatic N) is 1. The fourth-order valence-corrected chi connectivity index (χ4v) is 2.48. The van der Waals surface area contributed by atoms with Crippen molar-refractivity contribution >= 4 is 33.2 Å². The molecule has 0 aliphatic heterocycles. The first kappa shape index (κ1) is 14.0. The number of pyridine rings is 1. The fourth-order valence-electron chi connectivity index (χ4n) is 1.53. The molecule has 0 aliphatic rings. The molecule has 4 nitrogen and oxygen atoms in total. The summed E-state index contributed by atoms with van der Waals surface area (Å²) in [5.74, 6) is 1.10. The molecule has 0 saturated carbocycles. The Morgan fingerprint density at radius 3 is 2.84 bits per heavy atom. The summed E-state index contributed by atoms with van der Waals surface area (Å²) in [6, 6.07) is 8.84. The van der Waals surface area contributed by atoms with Crippen LogP contribution in [0, 0.1) is 0 Å². The van der Waals surface area contributed by atoms with Gasteiger partial charge in [-0.3, -0.25) is 0 Å². The Balaban J connectivity index is 2.14. The van der Waals surface area contributed by atoms with Crippen LogP contribution in [0.4, 0.5) is 5.69 Å². The van der Waals surface area contributed by atoms with Gasteiger partial charge in [0.1, 0.15) is 6.61 Å². The average Bonchev–Trinajstić information content (AvgIpc) is 2.37. The Kier molecular flexibility index (Phi) is 4.50. The summed E-state index contributed by atoms with van der Waals surface area (Å²) >= 11 is 9.25. The zero-order valence-electron chi connectivity index (χ0n) is 10.2. The molecule has 0 amide bonds. The van der Waals surface area contributed by atoms with Crippen LogP contribution in [0.2, 0.25) is 5.02 Å². The zero-order chi connectivity index (χ0) is 13.8. The summed E-state index contributed by atoms with van der Waals surface area (Å²) in [4.78, 5) is 4.25. The summed E-state index contributed by atoms with van der Waals surface area (Å²) in [6.45, 7) is 0.293. The smallest absolute Gasteiger partial charge is 0.213 e. The van der Waals surface area contributed by atoms with Gasteiger partial charge in [-0.1, -0.05) is 17.7 Å². The molecule has 2 aromatic rings. The van der Waals surface area contributed by atoms with Crippen LogP contribution < -0.4 is 15.2 Å². The van der Waals surface area contributed by atoms with E-state index in [2.05, 4.69) is 20.9 Å². The maximum Gasteiger partial charge on any atom is 0.213 e. The SMILES string of the molecule is COc1cccc(COc2c(N)cc(Cl)cc2Br)n1. The van der Waals surface area contributed by atoms with Gasteiger partial charge in [0.2, 0.25) is 5.88 Å². The lowest BCUT2D eigenvalue weighted by Gasteiger charge is -2.11. The van der Waals surface area contributed by atoms with Gasteiger partial charge < -0.3 is 15.2 Å². The van der Waals surface area contributed by atoms with Crippen LogP contribution in [-0.4, -0.2) is 12.1 Å². The number of nitrogens with two attached hydrogens (primary N) is 1. The van der Waals surface area contributed by atoms with Crippen molar-refractivity contribution in [2.24, 2.45) is 0 Å². The molecule has 100 valence electrons. The molecule has 1 aromatic heterocycles. The van der Waals surface area contributed by atoms with Gasteiger partial charge in [0.05, 0.1) is 23.0 Å². The predicted molar refractivity (Wildman–Crippen MR) is 78.7 cm³/mol. The number of ether oxygens (including phenoxy) is 2. The van der Waals surface area contributed by atoms with Crippen LogP contribution in [0.1, 0.15) is 5.69 Å². The monoisotopic (exact) mass is 342 g/mol. The van der Waals surface area contributed by atoms with E-state index in [9.17, 15) is 0 Å². The first-order valence-corrected chi connectivity index (χ1v) is 6.64. The normalized spacial score (nSPS) is 10.3. The number of nitrogen functional groups attached to an aromatic ring is 1. The average molecular weight is 344 g/mol. The van der Waals surface area contributed by atoms with Gasteiger partial charge in [0.15, 0.2) is 5.75 Å². The van der Waals surface area contributed by atoms with Crippen molar-refractivity contribution in [1.29, 1.82) is 0 Å². The first-order chi connectivity index (χ1) is 9.10. The van der Waals surface area contributed by atoms with Crippen LogP contribution in [0.25, 0.3) is 0 Å². The number of rotatable bonds is 4. The molecular formula is C13H12BrClN2O2. The van der Waals surface area contributed by atoms with E-state index in [1.165, 1.54) is 0 Å². The molecule has 0 fully saturated rings. The maximum absolute atomic E-state index is 5.88. The van der Waals surface area contributed by atoms with Crippen molar-refractivity contribution in [3.05, 3.63) is 45.5 Å². The highest BCUT2D eigenvalue weighted by molar-refractivity contribution is 9.10. The van der Waals surface area contributed by atoms with Crippen molar-refractivity contribution in [2.75, 3.05) is 12.8 Å². The van der Waals surface area contributed by atoms with Crippen LogP contribution in [-0.2, 0) is 6.61 Å². The minimum Gasteiger partial charge on any atom is -0.484 e. The van der Waals surface area contributed by atoms with Gasteiger partial charge in [-0.25, -0.2) is 4.98 Å². The van der Waals surface area contributed by atoms with E-state index >= 15 is 0 Å². The lowest BCUT2D eigenvalue weighted by atomic mass is 10.3. The Morgan fingerprint density at radius 2 is 2.16 bits per heavy atom. The minimum absolute atomic E-state index is 0.293. The van der Waals surface area contributed by atoms with Crippen LogP contribution in [0.15, 0.2) is 34.8 Å². The number of anilines is 1. The highest BCUT2D eigenvalue weighted by atomic mass is 79.9.